The summed E-state index contributed by atoms with van der Waals surface area (Å²) in [4.78, 5) is 27.6. The minimum atomic E-state index is -0.945. The molecule has 2 aromatic rings. The number of hydrogen-bond donors (Lipinski definition) is 0. The fourth-order valence-corrected chi connectivity index (χ4v) is 3.49. The normalized spacial score (nSPS) is 12.1. The number of carbonyl (C=O) groups is 2. The largest absolute Gasteiger partial charge is 0.494 e. The lowest BCUT2D eigenvalue weighted by molar-refractivity contribution is -0.161. The molecule has 0 fully saturated rings. The van der Waals surface area contributed by atoms with Crippen molar-refractivity contribution in [3.05, 3.63) is 65.7 Å². The van der Waals surface area contributed by atoms with Crippen molar-refractivity contribution in [3.63, 3.8) is 0 Å². The summed E-state index contributed by atoms with van der Waals surface area (Å²) in [6.45, 7) is 4.46. The summed E-state index contributed by atoms with van der Waals surface area (Å²) in [7, 11) is 1.25. The summed E-state index contributed by atoms with van der Waals surface area (Å²) in [6, 6.07) is 15.3. The molecule has 194 valence electrons. The molecule has 6 heteroatoms. The monoisotopic (exact) mass is 493 g/mol. The van der Waals surface area contributed by atoms with Gasteiger partial charge in [-0.2, -0.15) is 0 Å². The van der Waals surface area contributed by atoms with Gasteiger partial charge < -0.3 is 14.2 Å². The molecule has 0 aliphatic heterocycles. The van der Waals surface area contributed by atoms with Gasteiger partial charge in [-0.15, -0.1) is 0 Å². The summed E-state index contributed by atoms with van der Waals surface area (Å²) < 4.78 is 15.3. The Morgan fingerprint density at radius 2 is 1.47 bits per heavy atom. The van der Waals surface area contributed by atoms with E-state index < -0.39 is 18.0 Å². The smallest absolute Gasteiger partial charge is 0.346 e. The lowest BCUT2D eigenvalue weighted by Gasteiger charge is -2.08. The van der Waals surface area contributed by atoms with Gasteiger partial charge in [0, 0.05) is 12.3 Å². The summed E-state index contributed by atoms with van der Waals surface area (Å²) >= 11 is 0. The average molecular weight is 494 g/mol. The van der Waals surface area contributed by atoms with Crippen LogP contribution in [-0.2, 0) is 19.1 Å². The predicted molar refractivity (Wildman–Crippen MR) is 145 cm³/mol. The number of rotatable bonds is 16. The number of ether oxygens (including phenoxy) is 3. The lowest BCUT2D eigenvalue weighted by atomic mass is 10.1. The molecule has 1 atom stereocenters. The van der Waals surface area contributed by atoms with E-state index in [1.54, 1.807) is 12.3 Å². The molecule has 0 amide bonds. The molecule has 36 heavy (non-hydrogen) atoms. The van der Waals surface area contributed by atoms with Crippen LogP contribution in [-0.4, -0.2) is 38.0 Å². The Balaban J connectivity index is 1.71. The Morgan fingerprint density at radius 3 is 2.11 bits per heavy atom. The summed E-state index contributed by atoms with van der Waals surface area (Å²) in [5.74, 6) is -0.328. The second-order valence-electron chi connectivity index (χ2n) is 8.68. The zero-order chi connectivity index (χ0) is 26.0. The number of esters is 2. The highest BCUT2D eigenvalue weighted by molar-refractivity contribution is 5.89. The Bertz CT molecular complexity index is 964. The highest BCUT2D eigenvalue weighted by atomic mass is 16.6. The van der Waals surface area contributed by atoms with Crippen molar-refractivity contribution in [2.75, 3.05) is 13.7 Å². The second-order valence-corrected chi connectivity index (χ2v) is 8.68. The predicted octanol–water partition coefficient (Wildman–Crippen LogP) is 7.07. The molecule has 2 rings (SSSR count). The molecule has 0 radical (unpaired) electrons. The number of unbranched alkanes of at least 4 members (excludes halogenated alkanes) is 7. The van der Waals surface area contributed by atoms with Crippen LogP contribution in [0.25, 0.3) is 6.08 Å². The van der Waals surface area contributed by atoms with Crippen molar-refractivity contribution in [2.45, 2.75) is 71.3 Å². The SMILES string of the molecule is CCCCCCCCCCOc1ccc(C=Nc2ccc(C=CC(=O)O[C@@H](C)C(=O)OC)cc2)cc1. The van der Waals surface area contributed by atoms with E-state index in [0.717, 1.165) is 35.6 Å². The highest BCUT2D eigenvalue weighted by Gasteiger charge is 2.16. The average Bonchev–Trinajstić information content (AvgIpc) is 2.90. The van der Waals surface area contributed by atoms with E-state index in [4.69, 9.17) is 9.47 Å². The van der Waals surface area contributed by atoms with Gasteiger partial charge in [-0.25, -0.2) is 9.59 Å². The Morgan fingerprint density at radius 1 is 0.861 bits per heavy atom. The molecule has 0 saturated carbocycles. The Labute approximate surface area is 215 Å². The zero-order valence-electron chi connectivity index (χ0n) is 21.8. The fraction of sp³-hybridized carbons (Fsp3) is 0.433. The van der Waals surface area contributed by atoms with Crippen molar-refractivity contribution in [2.24, 2.45) is 4.99 Å². The maximum Gasteiger partial charge on any atom is 0.346 e. The summed E-state index contributed by atoms with van der Waals surface area (Å²) in [5.41, 5.74) is 2.60. The number of carbonyl (C=O) groups excluding carboxylic acids is 2. The number of aliphatic imine (C=N–C) groups is 1. The first kappa shape index (κ1) is 28.8. The van der Waals surface area contributed by atoms with Crippen molar-refractivity contribution in [1.82, 2.24) is 0 Å². The maximum absolute atomic E-state index is 11.8. The molecular formula is C30H39NO5. The van der Waals surface area contributed by atoms with E-state index >= 15 is 0 Å². The third-order valence-corrected chi connectivity index (χ3v) is 5.64. The molecule has 0 aromatic heterocycles. The van der Waals surface area contributed by atoms with Gasteiger partial charge in [0.2, 0.25) is 0 Å². The van der Waals surface area contributed by atoms with Crippen molar-refractivity contribution in [1.29, 1.82) is 0 Å². The van der Waals surface area contributed by atoms with E-state index in [1.807, 2.05) is 48.5 Å². The zero-order valence-corrected chi connectivity index (χ0v) is 21.8. The first-order valence-electron chi connectivity index (χ1n) is 12.9. The van der Waals surface area contributed by atoms with Gasteiger partial charge in [0.05, 0.1) is 19.4 Å². The van der Waals surface area contributed by atoms with Gasteiger partial charge in [0.15, 0.2) is 6.10 Å². The van der Waals surface area contributed by atoms with Crippen LogP contribution in [0.4, 0.5) is 5.69 Å². The molecule has 2 aromatic carbocycles. The maximum atomic E-state index is 11.8. The molecule has 6 nitrogen and oxygen atoms in total. The van der Waals surface area contributed by atoms with Crippen LogP contribution in [0.15, 0.2) is 59.6 Å². The molecular weight excluding hydrogens is 454 g/mol. The first-order chi connectivity index (χ1) is 17.5. The van der Waals surface area contributed by atoms with Crippen LogP contribution in [0.1, 0.15) is 76.3 Å². The first-order valence-corrected chi connectivity index (χ1v) is 12.9. The van der Waals surface area contributed by atoms with E-state index in [-0.39, 0.29) is 0 Å². The molecule has 0 aliphatic rings. The van der Waals surface area contributed by atoms with Gasteiger partial charge in [-0.3, -0.25) is 4.99 Å². The highest BCUT2D eigenvalue weighted by Crippen LogP contribution is 2.16. The van der Waals surface area contributed by atoms with Crippen LogP contribution in [0.2, 0.25) is 0 Å². The van der Waals surface area contributed by atoms with Crippen LogP contribution in [0, 0.1) is 0 Å². The number of benzene rings is 2. The van der Waals surface area contributed by atoms with Gasteiger partial charge in [-0.1, -0.05) is 64.0 Å². The third kappa shape index (κ3) is 11.8. The number of hydrogen-bond acceptors (Lipinski definition) is 6. The van der Waals surface area contributed by atoms with Gasteiger partial charge in [-0.05, 0) is 66.9 Å². The van der Waals surface area contributed by atoms with E-state index in [0.29, 0.717) is 0 Å². The molecule has 0 N–H and O–H groups in total. The Kier molecular flexibility index (Phi) is 13.7. The van der Waals surface area contributed by atoms with E-state index in [9.17, 15) is 9.59 Å². The third-order valence-electron chi connectivity index (χ3n) is 5.64. The van der Waals surface area contributed by atoms with Gasteiger partial charge >= 0.3 is 11.9 Å². The minimum Gasteiger partial charge on any atom is -0.494 e. The Hall–Kier alpha value is -3.41. The quantitative estimate of drug-likeness (QED) is 0.108. The standard InChI is InChI=1S/C30H39NO5/c1-4-5-6-7-8-9-10-11-22-35-28-19-14-26(15-20-28)23-31-27-17-12-25(13-18-27)16-21-29(32)36-24(2)30(33)34-3/h12-21,23-24H,4-11,22H2,1-3H3/t24-/m0/s1. The molecule has 0 heterocycles. The van der Waals surface area contributed by atoms with Crippen molar-refractivity contribution in [3.8, 4) is 5.75 Å². The molecule has 0 bridgehead atoms. The molecule has 0 saturated heterocycles. The van der Waals surface area contributed by atoms with Crippen LogP contribution in [0.5, 0.6) is 5.75 Å². The van der Waals surface area contributed by atoms with Crippen LogP contribution >= 0.6 is 0 Å². The van der Waals surface area contributed by atoms with Crippen LogP contribution < -0.4 is 4.74 Å². The molecule has 0 aliphatic carbocycles. The number of methoxy groups -OCH3 is 1. The minimum absolute atomic E-state index is 0.597. The summed E-state index contributed by atoms with van der Waals surface area (Å²) in [6.07, 6.45) is 14.1. The number of nitrogens with zero attached hydrogens (tertiary/aromatic N) is 1. The molecule has 0 spiro atoms. The van der Waals surface area contributed by atoms with Crippen LogP contribution in [0.3, 0.4) is 0 Å². The lowest BCUT2D eigenvalue weighted by Crippen LogP contribution is -2.24. The van der Waals surface area contributed by atoms with Crippen molar-refractivity contribution < 1.29 is 23.8 Å². The van der Waals surface area contributed by atoms with Crippen molar-refractivity contribution >= 4 is 29.9 Å². The fourth-order valence-electron chi connectivity index (χ4n) is 3.49. The molecule has 0 unspecified atom stereocenters. The van der Waals surface area contributed by atoms with E-state index in [2.05, 4.69) is 16.7 Å². The van der Waals surface area contributed by atoms with Gasteiger partial charge in [0.1, 0.15) is 5.75 Å². The topological polar surface area (TPSA) is 74.2 Å². The van der Waals surface area contributed by atoms with E-state index in [1.165, 1.54) is 65.1 Å². The van der Waals surface area contributed by atoms with Gasteiger partial charge in [0.25, 0.3) is 0 Å². The summed E-state index contributed by atoms with van der Waals surface area (Å²) in [5, 5.41) is 0. The second kappa shape index (κ2) is 17.1.